The predicted octanol–water partition coefficient (Wildman–Crippen LogP) is 1.19. The SMILES string of the molecule is COCCN(C)CCNc1n[nH]c(=S)s1. The summed E-state index contributed by atoms with van der Waals surface area (Å²) in [4.78, 5) is 2.20. The van der Waals surface area contributed by atoms with Gasteiger partial charge in [0.05, 0.1) is 6.61 Å². The molecule has 1 heterocycles. The minimum Gasteiger partial charge on any atom is -0.383 e. The van der Waals surface area contributed by atoms with Crippen LogP contribution in [0.25, 0.3) is 0 Å². The maximum absolute atomic E-state index is 4.99. The molecule has 5 nitrogen and oxygen atoms in total. The van der Waals surface area contributed by atoms with Crippen molar-refractivity contribution in [2.45, 2.75) is 0 Å². The third-order valence-electron chi connectivity index (χ3n) is 1.88. The number of ether oxygens (including phenoxy) is 1. The number of methoxy groups -OCH3 is 1. The van der Waals surface area contributed by atoms with Gasteiger partial charge in [-0.3, -0.25) is 5.10 Å². The average Bonchev–Trinajstić information content (AvgIpc) is 2.61. The number of nitrogens with one attached hydrogen (secondary N) is 2. The summed E-state index contributed by atoms with van der Waals surface area (Å²) in [6.45, 7) is 3.51. The standard InChI is InChI=1S/C8H16N4OS2/c1-12(5-6-13-2)4-3-9-7-10-11-8(14)15-7/h3-6H2,1-2H3,(H,9,10)(H,11,14). The summed E-state index contributed by atoms with van der Waals surface area (Å²) in [6.07, 6.45) is 0. The van der Waals surface area contributed by atoms with Crippen LogP contribution in [0.5, 0.6) is 0 Å². The molecule has 0 unspecified atom stereocenters. The predicted molar refractivity (Wildman–Crippen MR) is 65.2 cm³/mol. The van der Waals surface area contributed by atoms with Gasteiger partial charge in [-0.1, -0.05) is 11.3 Å². The number of nitrogens with zero attached hydrogens (tertiary/aromatic N) is 2. The molecule has 15 heavy (non-hydrogen) atoms. The third-order valence-corrected chi connectivity index (χ3v) is 2.93. The second-order valence-corrected chi connectivity index (χ2v) is 4.81. The summed E-state index contributed by atoms with van der Waals surface area (Å²) in [7, 11) is 3.77. The van der Waals surface area contributed by atoms with Crippen molar-refractivity contribution >= 4 is 28.7 Å². The van der Waals surface area contributed by atoms with E-state index in [1.807, 2.05) is 0 Å². The fourth-order valence-electron chi connectivity index (χ4n) is 1.02. The van der Waals surface area contributed by atoms with Gasteiger partial charge in [0.2, 0.25) is 5.13 Å². The number of aromatic amines is 1. The van der Waals surface area contributed by atoms with Crippen LogP contribution in [0.3, 0.4) is 0 Å². The van der Waals surface area contributed by atoms with Crippen molar-refractivity contribution in [3.05, 3.63) is 3.95 Å². The Morgan fingerprint density at radius 2 is 2.40 bits per heavy atom. The molecule has 1 aromatic heterocycles. The zero-order chi connectivity index (χ0) is 11.1. The van der Waals surface area contributed by atoms with E-state index in [4.69, 9.17) is 17.0 Å². The van der Waals surface area contributed by atoms with E-state index in [0.29, 0.717) is 3.95 Å². The van der Waals surface area contributed by atoms with E-state index < -0.39 is 0 Å². The summed E-state index contributed by atoms with van der Waals surface area (Å²) in [5.74, 6) is 0. The molecule has 0 spiro atoms. The van der Waals surface area contributed by atoms with Crippen LogP contribution in [-0.2, 0) is 4.74 Å². The van der Waals surface area contributed by atoms with Crippen molar-refractivity contribution in [1.29, 1.82) is 0 Å². The Labute approximate surface area is 98.5 Å². The highest BCUT2D eigenvalue weighted by atomic mass is 32.1. The Kier molecular flexibility index (Phi) is 5.77. The second kappa shape index (κ2) is 6.89. The Morgan fingerprint density at radius 3 is 3.00 bits per heavy atom. The fraction of sp³-hybridized carbons (Fsp3) is 0.750. The molecule has 0 amide bonds. The van der Waals surface area contributed by atoms with Gasteiger partial charge in [-0.05, 0) is 19.3 Å². The number of anilines is 1. The van der Waals surface area contributed by atoms with E-state index in [-0.39, 0.29) is 0 Å². The van der Waals surface area contributed by atoms with Crippen LogP contribution in [0.15, 0.2) is 0 Å². The van der Waals surface area contributed by atoms with Crippen LogP contribution in [-0.4, -0.2) is 55.5 Å². The maximum atomic E-state index is 4.99. The lowest BCUT2D eigenvalue weighted by molar-refractivity contribution is 0.163. The van der Waals surface area contributed by atoms with Crippen LogP contribution in [0.1, 0.15) is 0 Å². The van der Waals surface area contributed by atoms with Crippen LogP contribution < -0.4 is 5.32 Å². The number of likely N-dealkylation sites (N-methyl/N-ethyl adjacent to an activating group) is 1. The molecule has 0 bridgehead atoms. The molecule has 2 N–H and O–H groups in total. The summed E-state index contributed by atoms with van der Waals surface area (Å²) >= 11 is 6.38. The third kappa shape index (κ3) is 5.22. The second-order valence-electron chi connectivity index (χ2n) is 3.14. The molecule has 0 atom stereocenters. The quantitative estimate of drug-likeness (QED) is 0.710. The van der Waals surface area contributed by atoms with E-state index in [0.717, 1.165) is 31.4 Å². The van der Waals surface area contributed by atoms with E-state index >= 15 is 0 Å². The molecular weight excluding hydrogens is 232 g/mol. The molecule has 7 heteroatoms. The Hall–Kier alpha value is -0.500. The van der Waals surface area contributed by atoms with Crippen molar-refractivity contribution in [3.63, 3.8) is 0 Å². The van der Waals surface area contributed by atoms with Gasteiger partial charge in [-0.2, -0.15) is 0 Å². The van der Waals surface area contributed by atoms with Crippen molar-refractivity contribution in [1.82, 2.24) is 15.1 Å². The van der Waals surface area contributed by atoms with Crippen molar-refractivity contribution in [2.24, 2.45) is 0 Å². The van der Waals surface area contributed by atoms with Gasteiger partial charge in [0.25, 0.3) is 0 Å². The molecular formula is C8H16N4OS2. The maximum Gasteiger partial charge on any atom is 0.204 e. The van der Waals surface area contributed by atoms with Crippen LogP contribution in [0.4, 0.5) is 5.13 Å². The molecule has 0 aliphatic heterocycles. The van der Waals surface area contributed by atoms with Gasteiger partial charge in [0.1, 0.15) is 0 Å². The lowest BCUT2D eigenvalue weighted by Gasteiger charge is -2.15. The van der Waals surface area contributed by atoms with Crippen LogP contribution in [0, 0.1) is 3.95 Å². The summed E-state index contributed by atoms with van der Waals surface area (Å²) in [5, 5.41) is 10.8. The molecule has 0 saturated carbocycles. The van der Waals surface area contributed by atoms with E-state index in [1.165, 1.54) is 11.3 Å². The normalized spacial score (nSPS) is 10.9. The fourth-order valence-corrected chi connectivity index (χ4v) is 1.83. The van der Waals surface area contributed by atoms with Gasteiger partial charge in [-0.15, -0.1) is 5.10 Å². The molecule has 86 valence electrons. The number of aromatic nitrogens is 2. The first-order valence-electron chi connectivity index (χ1n) is 4.69. The Bertz CT molecular complexity index is 324. The zero-order valence-corrected chi connectivity index (χ0v) is 10.6. The van der Waals surface area contributed by atoms with Crippen LogP contribution in [0.2, 0.25) is 0 Å². The zero-order valence-electron chi connectivity index (χ0n) is 8.95. The van der Waals surface area contributed by atoms with E-state index in [1.54, 1.807) is 7.11 Å². The summed E-state index contributed by atoms with van der Waals surface area (Å²) < 4.78 is 5.69. The van der Waals surface area contributed by atoms with Gasteiger partial charge in [0.15, 0.2) is 3.95 Å². The highest BCUT2D eigenvalue weighted by molar-refractivity contribution is 7.73. The smallest absolute Gasteiger partial charge is 0.204 e. The molecule has 1 aromatic rings. The molecule has 0 aliphatic carbocycles. The number of hydrogen-bond donors (Lipinski definition) is 2. The summed E-state index contributed by atoms with van der Waals surface area (Å²) in [6, 6.07) is 0. The molecule has 0 fully saturated rings. The number of rotatable bonds is 7. The van der Waals surface area contributed by atoms with Crippen molar-refractivity contribution in [2.75, 3.05) is 45.7 Å². The molecule has 0 radical (unpaired) electrons. The molecule has 0 saturated heterocycles. The van der Waals surface area contributed by atoms with E-state index in [9.17, 15) is 0 Å². The van der Waals surface area contributed by atoms with Crippen molar-refractivity contribution in [3.8, 4) is 0 Å². The van der Waals surface area contributed by atoms with Gasteiger partial charge >= 0.3 is 0 Å². The molecule has 0 aliphatic rings. The van der Waals surface area contributed by atoms with Gasteiger partial charge in [0, 0.05) is 26.7 Å². The first-order chi connectivity index (χ1) is 7.22. The highest BCUT2D eigenvalue weighted by Gasteiger charge is 1.99. The average molecular weight is 248 g/mol. The number of hydrogen-bond acceptors (Lipinski definition) is 6. The largest absolute Gasteiger partial charge is 0.383 e. The lowest BCUT2D eigenvalue weighted by Crippen LogP contribution is -2.28. The number of H-pyrrole nitrogens is 1. The highest BCUT2D eigenvalue weighted by Crippen LogP contribution is 2.09. The van der Waals surface area contributed by atoms with E-state index in [2.05, 4.69) is 27.5 Å². The minimum atomic E-state index is 0.699. The molecule has 1 rings (SSSR count). The van der Waals surface area contributed by atoms with Crippen LogP contribution >= 0.6 is 23.6 Å². The lowest BCUT2D eigenvalue weighted by atomic mass is 10.5. The summed E-state index contributed by atoms with van der Waals surface area (Å²) in [5.41, 5.74) is 0. The molecule has 0 aromatic carbocycles. The first-order valence-corrected chi connectivity index (χ1v) is 5.91. The topological polar surface area (TPSA) is 53.2 Å². The Balaban J connectivity index is 2.13. The Morgan fingerprint density at radius 1 is 1.60 bits per heavy atom. The van der Waals surface area contributed by atoms with Gasteiger partial charge < -0.3 is 15.0 Å². The first kappa shape index (κ1) is 12.6. The van der Waals surface area contributed by atoms with Crippen molar-refractivity contribution < 1.29 is 4.74 Å². The monoisotopic (exact) mass is 248 g/mol. The minimum absolute atomic E-state index is 0.699. The van der Waals surface area contributed by atoms with Gasteiger partial charge in [-0.25, -0.2) is 0 Å².